The Bertz CT molecular complexity index is 1480. The Balaban J connectivity index is 1.35. The molecule has 1 spiro atoms. The SMILES string of the molecule is COC(=O)NC1CC2(C1)CC(Nc1cc(-c3ccc4cc(C#N)cnn34)ncc1C(=O)NC[C@@H](F)C(C)(C)O)C2. The van der Waals surface area contributed by atoms with Gasteiger partial charge in [-0.2, -0.15) is 10.4 Å². The predicted molar refractivity (Wildman–Crippen MR) is 144 cm³/mol. The van der Waals surface area contributed by atoms with Crippen LogP contribution in [0.1, 0.15) is 55.5 Å². The third-order valence-electron chi connectivity index (χ3n) is 7.83. The minimum Gasteiger partial charge on any atom is -0.453 e. The van der Waals surface area contributed by atoms with Gasteiger partial charge in [-0.25, -0.2) is 13.7 Å². The molecule has 40 heavy (non-hydrogen) atoms. The lowest BCUT2D eigenvalue weighted by atomic mass is 9.52. The summed E-state index contributed by atoms with van der Waals surface area (Å²) >= 11 is 0. The molecule has 12 heteroatoms. The lowest BCUT2D eigenvalue weighted by Gasteiger charge is -2.57. The number of fused-ring (bicyclic) bond motifs is 1. The number of carbonyl (C=O) groups excluding carboxylic acids is 2. The second kappa shape index (κ2) is 10.4. The number of nitrogens with zero attached hydrogens (tertiary/aromatic N) is 4. The number of pyridine rings is 1. The van der Waals surface area contributed by atoms with Crippen LogP contribution in [-0.4, -0.2) is 69.2 Å². The van der Waals surface area contributed by atoms with Gasteiger partial charge in [0, 0.05) is 18.3 Å². The molecule has 2 aliphatic rings. The maximum Gasteiger partial charge on any atom is 0.407 e. The zero-order valence-corrected chi connectivity index (χ0v) is 22.6. The first-order valence-corrected chi connectivity index (χ1v) is 13.1. The van der Waals surface area contributed by atoms with Crippen LogP contribution in [0.4, 0.5) is 14.9 Å². The molecule has 4 N–H and O–H groups in total. The number of aliphatic hydroxyl groups is 1. The van der Waals surface area contributed by atoms with Crippen LogP contribution >= 0.6 is 0 Å². The monoisotopic (exact) mass is 549 g/mol. The molecule has 0 bridgehead atoms. The molecule has 210 valence electrons. The maximum atomic E-state index is 14.3. The van der Waals surface area contributed by atoms with Gasteiger partial charge in [0.25, 0.3) is 5.91 Å². The average molecular weight is 550 g/mol. The van der Waals surface area contributed by atoms with Crippen molar-refractivity contribution in [1.82, 2.24) is 25.2 Å². The molecule has 2 amide bonds. The number of carbonyl (C=O) groups is 2. The minimum absolute atomic E-state index is 0.100. The number of ether oxygens (including phenoxy) is 1. The predicted octanol–water partition coefficient (Wildman–Crippen LogP) is 3.19. The van der Waals surface area contributed by atoms with E-state index in [-0.39, 0.29) is 29.6 Å². The highest BCUT2D eigenvalue weighted by Crippen LogP contribution is 2.56. The molecule has 2 fully saturated rings. The number of nitrogens with one attached hydrogen (secondary N) is 3. The van der Waals surface area contributed by atoms with Gasteiger partial charge in [0.2, 0.25) is 0 Å². The fourth-order valence-corrected chi connectivity index (χ4v) is 5.63. The van der Waals surface area contributed by atoms with Gasteiger partial charge in [0.05, 0.1) is 59.2 Å². The van der Waals surface area contributed by atoms with E-state index in [1.165, 1.54) is 33.4 Å². The molecule has 0 aromatic carbocycles. The molecule has 1 atom stereocenters. The molecule has 5 rings (SSSR count). The largest absolute Gasteiger partial charge is 0.453 e. The standard InChI is InChI=1S/C28H32FN7O4/c1-27(2,39)24(29)15-32-25(37)20-14-31-22(23-5-4-19-6-16(12-30)13-33-36(19)23)7-21(20)34-17-8-28(9-17)10-18(11-28)35-26(38)40-3/h4-7,13-14,17-18,24,39H,8-11,15H2,1-3H3,(H,31,34)(H,32,37)(H,35,38)/t17?,18?,24-,28?/m1/s1. The first kappa shape index (κ1) is 27.3. The minimum atomic E-state index is -1.65. The number of halogens is 1. The molecule has 0 radical (unpaired) electrons. The highest BCUT2D eigenvalue weighted by atomic mass is 19.1. The van der Waals surface area contributed by atoms with Crippen LogP contribution in [0.3, 0.4) is 0 Å². The second-order valence-electron chi connectivity index (χ2n) is 11.3. The highest BCUT2D eigenvalue weighted by Gasteiger charge is 2.53. The van der Waals surface area contributed by atoms with Crippen molar-refractivity contribution in [3.8, 4) is 17.5 Å². The Hall–Kier alpha value is -4.24. The van der Waals surface area contributed by atoms with E-state index >= 15 is 0 Å². The third kappa shape index (κ3) is 5.42. The number of alkyl halides is 1. The first-order valence-electron chi connectivity index (χ1n) is 13.1. The third-order valence-corrected chi connectivity index (χ3v) is 7.83. The highest BCUT2D eigenvalue weighted by molar-refractivity contribution is 6.00. The summed E-state index contributed by atoms with van der Waals surface area (Å²) in [5.41, 5.74) is 1.78. The Labute approximate surface area is 230 Å². The van der Waals surface area contributed by atoms with Gasteiger partial charge in [-0.1, -0.05) is 0 Å². The van der Waals surface area contributed by atoms with Gasteiger partial charge in [-0.3, -0.25) is 9.78 Å². The zero-order chi connectivity index (χ0) is 28.7. The van der Waals surface area contributed by atoms with E-state index in [1.54, 1.807) is 16.6 Å². The van der Waals surface area contributed by atoms with Crippen molar-refractivity contribution in [2.45, 2.75) is 63.4 Å². The number of hydrogen-bond acceptors (Lipinski definition) is 8. The van der Waals surface area contributed by atoms with Crippen molar-refractivity contribution in [3.05, 3.63) is 47.8 Å². The van der Waals surface area contributed by atoms with Crippen molar-refractivity contribution in [2.24, 2.45) is 5.41 Å². The molecule has 2 aliphatic carbocycles. The lowest BCUT2D eigenvalue weighted by Crippen LogP contribution is -2.59. The summed E-state index contributed by atoms with van der Waals surface area (Å²) < 4.78 is 20.7. The molecule has 3 aromatic rings. The van der Waals surface area contributed by atoms with Crippen molar-refractivity contribution in [2.75, 3.05) is 19.0 Å². The van der Waals surface area contributed by atoms with E-state index in [4.69, 9.17) is 0 Å². The molecule has 3 aromatic heterocycles. The molecule has 0 aliphatic heterocycles. The number of aromatic nitrogens is 3. The van der Waals surface area contributed by atoms with Crippen LogP contribution in [0.2, 0.25) is 0 Å². The summed E-state index contributed by atoms with van der Waals surface area (Å²) in [6.45, 7) is 2.35. The topological polar surface area (TPSA) is 154 Å². The number of amides is 2. The Morgan fingerprint density at radius 2 is 1.98 bits per heavy atom. The van der Waals surface area contributed by atoms with E-state index < -0.39 is 23.8 Å². The average Bonchev–Trinajstić information content (AvgIpc) is 3.31. The van der Waals surface area contributed by atoms with E-state index in [0.717, 1.165) is 31.2 Å². The quantitative estimate of drug-likeness (QED) is 0.334. The van der Waals surface area contributed by atoms with E-state index in [0.29, 0.717) is 22.6 Å². The summed E-state index contributed by atoms with van der Waals surface area (Å²) in [5, 5.41) is 32.3. The summed E-state index contributed by atoms with van der Waals surface area (Å²) in [4.78, 5) is 29.1. The van der Waals surface area contributed by atoms with Crippen LogP contribution < -0.4 is 16.0 Å². The molecule has 0 saturated heterocycles. The summed E-state index contributed by atoms with van der Waals surface area (Å²) in [7, 11) is 1.35. The number of anilines is 1. The van der Waals surface area contributed by atoms with Crippen molar-refractivity contribution in [1.29, 1.82) is 5.26 Å². The Morgan fingerprint density at radius 3 is 2.65 bits per heavy atom. The molecule has 3 heterocycles. The van der Waals surface area contributed by atoms with Crippen molar-refractivity contribution < 1.29 is 23.8 Å². The summed E-state index contributed by atoms with van der Waals surface area (Å²) in [6.07, 6.45) is 4.35. The van der Waals surface area contributed by atoms with E-state index in [1.807, 2.05) is 12.1 Å². The molecule has 11 nitrogen and oxygen atoms in total. The number of hydrogen-bond donors (Lipinski definition) is 4. The van der Waals surface area contributed by atoms with Crippen LogP contribution in [0.15, 0.2) is 36.7 Å². The maximum absolute atomic E-state index is 14.3. The van der Waals surface area contributed by atoms with Crippen LogP contribution in [0, 0.1) is 16.7 Å². The fraction of sp³-hybridized carbons (Fsp3) is 0.464. The van der Waals surface area contributed by atoms with Gasteiger partial charge in [-0.15, -0.1) is 0 Å². The van der Waals surface area contributed by atoms with Gasteiger partial charge in [-0.05, 0) is 69.2 Å². The van der Waals surface area contributed by atoms with Crippen LogP contribution in [0.25, 0.3) is 16.9 Å². The number of rotatable bonds is 8. The van der Waals surface area contributed by atoms with Gasteiger partial charge in [0.1, 0.15) is 12.2 Å². The first-order chi connectivity index (χ1) is 19.0. The van der Waals surface area contributed by atoms with Crippen molar-refractivity contribution in [3.63, 3.8) is 0 Å². The van der Waals surface area contributed by atoms with Gasteiger partial charge in [0.15, 0.2) is 0 Å². The van der Waals surface area contributed by atoms with E-state index in [2.05, 4.69) is 36.8 Å². The zero-order valence-electron chi connectivity index (χ0n) is 22.6. The normalized spacial score (nSPS) is 22.5. The van der Waals surface area contributed by atoms with Gasteiger partial charge >= 0.3 is 6.09 Å². The summed E-state index contributed by atoms with van der Waals surface area (Å²) in [5.74, 6) is -0.509. The Kier molecular flexibility index (Phi) is 7.10. The Morgan fingerprint density at radius 1 is 1.25 bits per heavy atom. The molecule has 0 unspecified atom stereocenters. The van der Waals surface area contributed by atoms with Crippen molar-refractivity contribution >= 4 is 23.2 Å². The van der Waals surface area contributed by atoms with E-state index in [9.17, 15) is 24.3 Å². The van der Waals surface area contributed by atoms with Crippen LogP contribution in [-0.2, 0) is 4.74 Å². The number of nitriles is 1. The second-order valence-corrected chi connectivity index (χ2v) is 11.3. The molecule has 2 saturated carbocycles. The van der Waals surface area contributed by atoms with Gasteiger partial charge < -0.3 is 25.8 Å². The number of alkyl carbamates (subject to hydrolysis) is 1. The number of methoxy groups -OCH3 is 1. The molecular formula is C28H32FN7O4. The molecular weight excluding hydrogens is 517 g/mol. The fourth-order valence-electron chi connectivity index (χ4n) is 5.63. The van der Waals surface area contributed by atoms with Crippen LogP contribution in [0.5, 0.6) is 0 Å². The summed E-state index contributed by atoms with van der Waals surface area (Å²) in [6, 6.07) is 9.45. The lowest BCUT2D eigenvalue weighted by molar-refractivity contribution is -0.0109. The smallest absolute Gasteiger partial charge is 0.407 e.